The summed E-state index contributed by atoms with van der Waals surface area (Å²) in [4.78, 5) is 36.9. The van der Waals surface area contributed by atoms with Crippen LogP contribution in [-0.4, -0.2) is 56.7 Å². The van der Waals surface area contributed by atoms with Crippen molar-refractivity contribution >= 4 is 23.2 Å². The Morgan fingerprint density at radius 1 is 0.971 bits per heavy atom. The first-order valence-electron chi connectivity index (χ1n) is 11.9. The van der Waals surface area contributed by atoms with Gasteiger partial charge in [0, 0.05) is 39.8 Å². The smallest absolute Gasteiger partial charge is 0.329 e. The Morgan fingerprint density at radius 3 is 2.40 bits per heavy atom. The first-order chi connectivity index (χ1) is 17.0. The van der Waals surface area contributed by atoms with Gasteiger partial charge in [-0.2, -0.15) is 4.98 Å². The molecule has 0 unspecified atom stereocenters. The standard InChI is InChI=1S/C27H30N6O2/c1-20-10-12-22(13-11-20)19-33-23-24(30(2)27(35)29-25(23)34)28-26(33)32-17-15-31(16-18-32)14-6-9-21-7-4-3-5-8-21/h3-13H,14-19H2,1-2H3,(H,29,34,35). The van der Waals surface area contributed by atoms with E-state index in [1.807, 2.05) is 22.8 Å². The van der Waals surface area contributed by atoms with Gasteiger partial charge in [0.2, 0.25) is 5.95 Å². The molecule has 2 aromatic carbocycles. The Hall–Kier alpha value is -3.91. The maximum absolute atomic E-state index is 12.8. The van der Waals surface area contributed by atoms with Gasteiger partial charge in [-0.3, -0.25) is 23.8 Å². The van der Waals surface area contributed by atoms with E-state index in [-0.39, 0.29) is 0 Å². The van der Waals surface area contributed by atoms with Crippen molar-refractivity contribution in [3.05, 3.63) is 98.2 Å². The summed E-state index contributed by atoms with van der Waals surface area (Å²) in [7, 11) is 1.64. The highest BCUT2D eigenvalue weighted by Crippen LogP contribution is 2.22. The Kier molecular flexibility index (Phi) is 6.37. The van der Waals surface area contributed by atoms with Crippen LogP contribution in [0.2, 0.25) is 0 Å². The zero-order valence-electron chi connectivity index (χ0n) is 20.1. The molecule has 0 amide bonds. The third kappa shape index (κ3) is 4.83. The highest BCUT2D eigenvalue weighted by molar-refractivity contribution is 5.74. The Labute approximate surface area is 203 Å². The van der Waals surface area contributed by atoms with E-state index in [4.69, 9.17) is 4.98 Å². The van der Waals surface area contributed by atoms with Gasteiger partial charge >= 0.3 is 5.69 Å². The summed E-state index contributed by atoms with van der Waals surface area (Å²) in [6, 6.07) is 18.6. The van der Waals surface area contributed by atoms with Gasteiger partial charge in [-0.1, -0.05) is 72.3 Å². The molecule has 1 aliphatic heterocycles. The summed E-state index contributed by atoms with van der Waals surface area (Å²) in [6.45, 7) is 6.82. The molecule has 0 spiro atoms. The predicted molar refractivity (Wildman–Crippen MR) is 140 cm³/mol. The van der Waals surface area contributed by atoms with E-state index in [0.29, 0.717) is 17.7 Å². The molecule has 0 atom stereocenters. The van der Waals surface area contributed by atoms with Crippen molar-refractivity contribution < 1.29 is 0 Å². The van der Waals surface area contributed by atoms with Crippen LogP contribution >= 0.6 is 0 Å². The molecule has 0 saturated carbocycles. The average Bonchev–Trinajstić information content (AvgIpc) is 3.25. The molecule has 35 heavy (non-hydrogen) atoms. The summed E-state index contributed by atoms with van der Waals surface area (Å²) >= 11 is 0. The number of piperazine rings is 1. The minimum Gasteiger partial charge on any atom is -0.340 e. The normalized spacial score (nSPS) is 14.9. The van der Waals surface area contributed by atoms with E-state index in [2.05, 4.69) is 70.3 Å². The van der Waals surface area contributed by atoms with Gasteiger partial charge in [0.05, 0.1) is 6.54 Å². The highest BCUT2D eigenvalue weighted by Gasteiger charge is 2.24. The van der Waals surface area contributed by atoms with Gasteiger partial charge in [0.25, 0.3) is 5.56 Å². The Bertz CT molecular complexity index is 1460. The van der Waals surface area contributed by atoms with Gasteiger partial charge in [-0.05, 0) is 18.1 Å². The summed E-state index contributed by atoms with van der Waals surface area (Å²) in [5, 5.41) is 0. The number of aryl methyl sites for hydroxylation is 2. The fraction of sp³-hybridized carbons (Fsp3) is 0.296. The van der Waals surface area contributed by atoms with Crippen molar-refractivity contribution in [1.29, 1.82) is 0 Å². The third-order valence-corrected chi connectivity index (χ3v) is 6.58. The molecule has 1 saturated heterocycles. The maximum atomic E-state index is 12.8. The van der Waals surface area contributed by atoms with Crippen LogP contribution in [0.1, 0.15) is 16.7 Å². The lowest BCUT2D eigenvalue weighted by atomic mass is 10.1. The van der Waals surface area contributed by atoms with E-state index < -0.39 is 11.2 Å². The zero-order chi connectivity index (χ0) is 24.4. The molecule has 1 aliphatic rings. The Balaban J connectivity index is 1.39. The second-order valence-electron chi connectivity index (χ2n) is 9.07. The molecule has 1 N–H and O–H groups in total. The summed E-state index contributed by atoms with van der Waals surface area (Å²) in [5.74, 6) is 0.728. The van der Waals surface area contributed by atoms with E-state index in [1.165, 1.54) is 15.7 Å². The number of hydrogen-bond acceptors (Lipinski definition) is 5. The topological polar surface area (TPSA) is 79.2 Å². The number of hydrogen-bond donors (Lipinski definition) is 1. The molecule has 2 aromatic heterocycles. The lowest BCUT2D eigenvalue weighted by molar-refractivity contribution is 0.282. The molecule has 3 heterocycles. The van der Waals surface area contributed by atoms with Crippen LogP contribution in [0.25, 0.3) is 17.2 Å². The van der Waals surface area contributed by atoms with Crippen LogP contribution in [0.4, 0.5) is 5.95 Å². The highest BCUT2D eigenvalue weighted by atomic mass is 16.2. The van der Waals surface area contributed by atoms with E-state index >= 15 is 0 Å². The van der Waals surface area contributed by atoms with Crippen molar-refractivity contribution in [3.63, 3.8) is 0 Å². The van der Waals surface area contributed by atoms with Crippen LogP contribution < -0.4 is 16.1 Å². The maximum Gasteiger partial charge on any atom is 0.329 e. The van der Waals surface area contributed by atoms with Crippen molar-refractivity contribution in [3.8, 4) is 0 Å². The van der Waals surface area contributed by atoms with Gasteiger partial charge in [0.1, 0.15) is 0 Å². The number of rotatable bonds is 6. The lowest BCUT2D eigenvalue weighted by Crippen LogP contribution is -2.47. The number of fused-ring (bicyclic) bond motifs is 1. The van der Waals surface area contributed by atoms with Crippen LogP contribution in [0.15, 0.2) is 70.3 Å². The van der Waals surface area contributed by atoms with Crippen LogP contribution in [0, 0.1) is 6.92 Å². The van der Waals surface area contributed by atoms with Crippen LogP contribution in [-0.2, 0) is 13.6 Å². The summed E-state index contributed by atoms with van der Waals surface area (Å²) < 4.78 is 3.36. The van der Waals surface area contributed by atoms with Crippen molar-refractivity contribution in [2.24, 2.45) is 7.05 Å². The number of H-pyrrole nitrogens is 1. The number of aromatic nitrogens is 4. The number of aromatic amines is 1. The van der Waals surface area contributed by atoms with E-state index in [9.17, 15) is 9.59 Å². The minimum absolute atomic E-state index is 0.404. The van der Waals surface area contributed by atoms with Gasteiger partial charge < -0.3 is 4.90 Å². The molecule has 180 valence electrons. The second kappa shape index (κ2) is 9.76. The predicted octanol–water partition coefficient (Wildman–Crippen LogP) is 2.62. The first kappa shape index (κ1) is 22.9. The van der Waals surface area contributed by atoms with Gasteiger partial charge in [-0.15, -0.1) is 0 Å². The van der Waals surface area contributed by atoms with Crippen LogP contribution in [0.3, 0.4) is 0 Å². The number of nitrogens with one attached hydrogen (secondary N) is 1. The molecule has 1 fully saturated rings. The molecule has 8 heteroatoms. The van der Waals surface area contributed by atoms with E-state index in [0.717, 1.165) is 44.2 Å². The number of imidazole rings is 1. The molecule has 0 aliphatic carbocycles. The van der Waals surface area contributed by atoms with Crippen molar-refractivity contribution in [2.75, 3.05) is 37.6 Å². The minimum atomic E-state index is -0.455. The molecular formula is C27H30N6O2. The largest absolute Gasteiger partial charge is 0.340 e. The quantitative estimate of drug-likeness (QED) is 0.469. The average molecular weight is 471 g/mol. The Morgan fingerprint density at radius 2 is 1.69 bits per heavy atom. The summed E-state index contributed by atoms with van der Waals surface area (Å²) in [5.41, 5.74) is 3.44. The first-order valence-corrected chi connectivity index (χ1v) is 11.9. The molecular weight excluding hydrogens is 440 g/mol. The lowest BCUT2D eigenvalue weighted by Gasteiger charge is -2.35. The molecule has 4 aromatic rings. The third-order valence-electron chi connectivity index (χ3n) is 6.58. The second-order valence-corrected chi connectivity index (χ2v) is 9.07. The molecule has 8 nitrogen and oxygen atoms in total. The molecule has 0 bridgehead atoms. The monoisotopic (exact) mass is 470 g/mol. The summed E-state index contributed by atoms with van der Waals surface area (Å²) in [6.07, 6.45) is 4.35. The fourth-order valence-corrected chi connectivity index (χ4v) is 4.52. The SMILES string of the molecule is Cc1ccc(Cn2c(N3CCN(CC=Cc4ccccc4)CC3)nc3c2c(=O)[nH]c(=O)n3C)cc1. The van der Waals surface area contributed by atoms with E-state index in [1.54, 1.807) is 7.05 Å². The van der Waals surface area contributed by atoms with Crippen molar-refractivity contribution in [2.45, 2.75) is 13.5 Å². The molecule has 0 radical (unpaired) electrons. The fourth-order valence-electron chi connectivity index (χ4n) is 4.52. The zero-order valence-corrected chi connectivity index (χ0v) is 20.1. The molecule has 5 rings (SSSR count). The van der Waals surface area contributed by atoms with Crippen molar-refractivity contribution in [1.82, 2.24) is 24.0 Å². The van der Waals surface area contributed by atoms with Gasteiger partial charge in [-0.25, -0.2) is 4.79 Å². The van der Waals surface area contributed by atoms with Crippen LogP contribution in [0.5, 0.6) is 0 Å². The number of nitrogens with zero attached hydrogens (tertiary/aromatic N) is 5. The van der Waals surface area contributed by atoms with Gasteiger partial charge in [0.15, 0.2) is 11.2 Å². The number of anilines is 1. The number of benzene rings is 2.